The number of pyridine rings is 1. The zero-order valence-electron chi connectivity index (χ0n) is 15.0. The highest BCUT2D eigenvalue weighted by Gasteiger charge is 2.42. The fourth-order valence-corrected chi connectivity index (χ4v) is 3.95. The molecule has 2 heterocycles. The largest absolute Gasteiger partial charge is 0.349 e. The van der Waals surface area contributed by atoms with Crippen LogP contribution in [0.3, 0.4) is 0 Å². The molecular formula is C20H26N4O. The van der Waals surface area contributed by atoms with Crippen molar-refractivity contribution in [1.29, 1.82) is 0 Å². The lowest BCUT2D eigenvalue weighted by atomic mass is 10.0. The van der Waals surface area contributed by atoms with Crippen molar-refractivity contribution in [2.45, 2.75) is 70.4 Å². The maximum atomic E-state index is 13.1. The van der Waals surface area contributed by atoms with Crippen molar-refractivity contribution in [3.63, 3.8) is 0 Å². The van der Waals surface area contributed by atoms with Gasteiger partial charge in [0.2, 0.25) is 0 Å². The van der Waals surface area contributed by atoms with Crippen molar-refractivity contribution in [3.8, 4) is 0 Å². The zero-order chi connectivity index (χ0) is 17.1. The molecule has 5 heteroatoms. The molecule has 0 unspecified atom stereocenters. The summed E-state index contributed by atoms with van der Waals surface area (Å²) in [5, 5.41) is 8.77. The summed E-state index contributed by atoms with van der Waals surface area (Å²) >= 11 is 0. The SMILES string of the molecule is CC(C)n1ncc2c(C(=O)NC(C3CC3)C3CC3)cc(C3CC3)nc21. The molecule has 0 spiro atoms. The van der Waals surface area contributed by atoms with Crippen LogP contribution in [0.15, 0.2) is 12.3 Å². The van der Waals surface area contributed by atoms with Crippen LogP contribution in [-0.2, 0) is 0 Å². The second-order valence-electron chi connectivity index (χ2n) is 8.46. The minimum absolute atomic E-state index is 0.0707. The van der Waals surface area contributed by atoms with Crippen LogP contribution >= 0.6 is 0 Å². The fraction of sp³-hybridized carbons (Fsp3) is 0.650. The van der Waals surface area contributed by atoms with Gasteiger partial charge in [0.1, 0.15) is 0 Å². The number of rotatable bonds is 6. The van der Waals surface area contributed by atoms with Crippen molar-refractivity contribution in [3.05, 3.63) is 23.5 Å². The van der Waals surface area contributed by atoms with E-state index in [1.807, 2.05) is 16.9 Å². The molecule has 5 rings (SSSR count). The van der Waals surface area contributed by atoms with Crippen molar-refractivity contribution < 1.29 is 4.79 Å². The Bertz CT molecular complexity index is 816. The molecule has 5 nitrogen and oxygen atoms in total. The molecule has 0 atom stereocenters. The fourth-order valence-electron chi connectivity index (χ4n) is 3.95. The summed E-state index contributed by atoms with van der Waals surface area (Å²) in [4.78, 5) is 18.0. The molecular weight excluding hydrogens is 312 g/mol. The summed E-state index contributed by atoms with van der Waals surface area (Å²) in [6.07, 6.45) is 9.26. The Morgan fingerprint density at radius 3 is 2.40 bits per heavy atom. The van der Waals surface area contributed by atoms with E-state index < -0.39 is 0 Å². The maximum Gasteiger partial charge on any atom is 0.252 e. The molecule has 0 radical (unpaired) electrons. The van der Waals surface area contributed by atoms with Gasteiger partial charge in [0.05, 0.1) is 17.1 Å². The van der Waals surface area contributed by atoms with Crippen LogP contribution in [0.25, 0.3) is 11.0 Å². The van der Waals surface area contributed by atoms with Gasteiger partial charge >= 0.3 is 0 Å². The number of nitrogens with one attached hydrogen (secondary N) is 1. The highest BCUT2D eigenvalue weighted by molar-refractivity contribution is 6.05. The average Bonchev–Trinajstić information content (AvgIpc) is 3.45. The number of carbonyl (C=O) groups excluding carboxylic acids is 1. The van der Waals surface area contributed by atoms with Gasteiger partial charge in [0, 0.05) is 23.7 Å². The third kappa shape index (κ3) is 2.83. The lowest BCUT2D eigenvalue weighted by molar-refractivity contribution is 0.0928. The van der Waals surface area contributed by atoms with Crippen molar-refractivity contribution in [2.24, 2.45) is 11.8 Å². The molecule has 132 valence electrons. The Kier molecular flexibility index (Phi) is 3.41. The summed E-state index contributed by atoms with van der Waals surface area (Å²) < 4.78 is 1.94. The summed E-state index contributed by atoms with van der Waals surface area (Å²) in [7, 11) is 0. The van der Waals surface area contributed by atoms with E-state index in [4.69, 9.17) is 4.98 Å². The van der Waals surface area contributed by atoms with Gasteiger partial charge in [-0.05, 0) is 70.3 Å². The first-order valence-electron chi connectivity index (χ1n) is 9.81. The van der Waals surface area contributed by atoms with Crippen LogP contribution in [0.4, 0.5) is 0 Å². The Morgan fingerprint density at radius 2 is 1.84 bits per heavy atom. The van der Waals surface area contributed by atoms with Gasteiger partial charge in [0.15, 0.2) is 5.65 Å². The maximum absolute atomic E-state index is 13.1. The van der Waals surface area contributed by atoms with E-state index in [2.05, 4.69) is 24.3 Å². The van der Waals surface area contributed by atoms with E-state index in [9.17, 15) is 4.79 Å². The summed E-state index contributed by atoms with van der Waals surface area (Å²) in [5.74, 6) is 2.00. The van der Waals surface area contributed by atoms with Crippen LogP contribution in [0, 0.1) is 11.8 Å². The molecule has 1 N–H and O–H groups in total. The van der Waals surface area contributed by atoms with E-state index >= 15 is 0 Å². The molecule has 25 heavy (non-hydrogen) atoms. The molecule has 0 saturated heterocycles. The lowest BCUT2D eigenvalue weighted by Crippen LogP contribution is -2.38. The summed E-state index contributed by atoms with van der Waals surface area (Å²) in [5.41, 5.74) is 2.69. The van der Waals surface area contributed by atoms with Gasteiger partial charge in [-0.25, -0.2) is 9.67 Å². The second kappa shape index (κ2) is 5.55. The van der Waals surface area contributed by atoms with Gasteiger partial charge in [0.25, 0.3) is 5.91 Å². The minimum atomic E-state index is 0.0707. The third-order valence-electron chi connectivity index (χ3n) is 5.87. The minimum Gasteiger partial charge on any atom is -0.349 e. The number of amides is 1. The highest BCUT2D eigenvalue weighted by atomic mass is 16.1. The van der Waals surface area contributed by atoms with Gasteiger partial charge in [-0.2, -0.15) is 5.10 Å². The number of aromatic nitrogens is 3. The quantitative estimate of drug-likeness (QED) is 0.871. The van der Waals surface area contributed by atoms with Gasteiger partial charge in [-0.1, -0.05) is 0 Å². The van der Waals surface area contributed by atoms with Crippen LogP contribution in [0.1, 0.15) is 80.4 Å². The average molecular weight is 338 g/mol. The molecule has 3 fully saturated rings. The lowest BCUT2D eigenvalue weighted by Gasteiger charge is -2.18. The molecule has 0 aliphatic heterocycles. The summed E-state index contributed by atoms with van der Waals surface area (Å²) in [6, 6.07) is 2.64. The Labute approximate surface area is 148 Å². The van der Waals surface area contributed by atoms with Crippen LogP contribution < -0.4 is 5.32 Å². The Balaban J connectivity index is 1.53. The summed E-state index contributed by atoms with van der Waals surface area (Å²) in [6.45, 7) is 4.21. The number of hydrogen-bond acceptors (Lipinski definition) is 3. The number of hydrogen-bond donors (Lipinski definition) is 1. The van der Waals surface area contributed by atoms with E-state index in [1.54, 1.807) is 0 Å². The third-order valence-corrected chi connectivity index (χ3v) is 5.87. The van der Waals surface area contributed by atoms with E-state index in [0.29, 0.717) is 23.8 Å². The van der Waals surface area contributed by atoms with Gasteiger partial charge in [-0.3, -0.25) is 4.79 Å². The molecule has 2 aromatic rings. The first-order chi connectivity index (χ1) is 12.1. The molecule has 3 saturated carbocycles. The van der Waals surface area contributed by atoms with Gasteiger partial charge < -0.3 is 5.32 Å². The van der Waals surface area contributed by atoms with E-state index in [0.717, 1.165) is 22.3 Å². The topological polar surface area (TPSA) is 59.8 Å². The van der Waals surface area contributed by atoms with Crippen molar-refractivity contribution in [1.82, 2.24) is 20.1 Å². The normalized spacial score (nSPS) is 20.6. The molecule has 2 aromatic heterocycles. The number of carbonyl (C=O) groups is 1. The van der Waals surface area contributed by atoms with Crippen LogP contribution in [0.5, 0.6) is 0 Å². The van der Waals surface area contributed by atoms with Crippen molar-refractivity contribution in [2.75, 3.05) is 0 Å². The highest BCUT2D eigenvalue weighted by Crippen LogP contribution is 2.45. The Morgan fingerprint density at radius 1 is 1.16 bits per heavy atom. The first-order valence-corrected chi connectivity index (χ1v) is 9.81. The van der Waals surface area contributed by atoms with E-state index in [-0.39, 0.29) is 11.9 Å². The van der Waals surface area contributed by atoms with Crippen LogP contribution in [-0.4, -0.2) is 26.7 Å². The molecule has 0 bridgehead atoms. The number of nitrogens with zero attached hydrogens (tertiary/aromatic N) is 3. The molecule has 3 aliphatic carbocycles. The molecule has 0 aromatic carbocycles. The smallest absolute Gasteiger partial charge is 0.252 e. The Hall–Kier alpha value is -1.91. The standard InChI is InChI=1S/C20H26N4O/c1-11(2)24-19-16(10-21-24)15(9-17(22-19)12-3-4-12)20(25)23-18(13-5-6-13)14-7-8-14/h9-14,18H,3-8H2,1-2H3,(H,23,25). The predicted octanol–water partition coefficient (Wildman–Crippen LogP) is 3.81. The molecule has 3 aliphatic rings. The van der Waals surface area contributed by atoms with Crippen LogP contribution in [0.2, 0.25) is 0 Å². The zero-order valence-corrected chi connectivity index (χ0v) is 15.0. The first kappa shape index (κ1) is 15.4. The number of fused-ring (bicyclic) bond motifs is 1. The predicted molar refractivity (Wildman–Crippen MR) is 96.6 cm³/mol. The van der Waals surface area contributed by atoms with Crippen molar-refractivity contribution >= 4 is 16.9 Å². The second-order valence-corrected chi connectivity index (χ2v) is 8.46. The monoisotopic (exact) mass is 338 g/mol. The molecule has 1 amide bonds. The van der Waals surface area contributed by atoms with E-state index in [1.165, 1.54) is 38.5 Å². The van der Waals surface area contributed by atoms with Gasteiger partial charge in [-0.15, -0.1) is 0 Å².